The average molecular weight is 461 g/mol. The van der Waals surface area contributed by atoms with Crippen LogP contribution < -0.4 is 15.8 Å². The van der Waals surface area contributed by atoms with Crippen molar-refractivity contribution in [3.63, 3.8) is 0 Å². The maximum absolute atomic E-state index is 14.1. The Labute approximate surface area is 188 Å². The van der Waals surface area contributed by atoms with Crippen molar-refractivity contribution in [1.29, 1.82) is 0 Å². The summed E-state index contributed by atoms with van der Waals surface area (Å²) in [6.07, 6.45) is 3.36. The molecule has 3 N–H and O–H groups in total. The van der Waals surface area contributed by atoms with E-state index in [4.69, 9.17) is 19.9 Å². The minimum Gasteiger partial charge on any atom is -0.488 e. The maximum atomic E-state index is 14.1. The highest BCUT2D eigenvalue weighted by Crippen LogP contribution is 2.37. The quantitative estimate of drug-likeness (QED) is 0.550. The van der Waals surface area contributed by atoms with Crippen molar-refractivity contribution in [3.05, 3.63) is 40.8 Å². The number of nitrogens with one attached hydrogen (secondary N) is 1. The van der Waals surface area contributed by atoms with Crippen LogP contribution in [0.15, 0.2) is 24.5 Å². The Hall–Kier alpha value is -2.82. The molecule has 2 heterocycles. The standard InChI is InChI=1S/C22H25FN4O4S/c1-11-18-21(25-10-26-22(18)32-19(11)20(24)28)27-16-5-4-12(23)6-17(16)31-15-8-13(29-2)7-14(9-15)30-3/h4-6,10,13-15H,7-9H2,1-3H3,(H2,24,28)(H,25,26,27)/t13-,14+,15?. The lowest BCUT2D eigenvalue weighted by molar-refractivity contribution is -0.0498. The molecular weight excluding hydrogens is 435 g/mol. The smallest absolute Gasteiger partial charge is 0.259 e. The lowest BCUT2D eigenvalue weighted by atomic mass is 9.92. The first-order chi connectivity index (χ1) is 15.4. The molecule has 10 heteroatoms. The van der Waals surface area contributed by atoms with Gasteiger partial charge in [-0.05, 0) is 24.6 Å². The number of hydrogen-bond acceptors (Lipinski definition) is 8. The number of nitrogens with zero attached hydrogens (tertiary/aromatic N) is 2. The van der Waals surface area contributed by atoms with Gasteiger partial charge in [0.25, 0.3) is 5.91 Å². The summed E-state index contributed by atoms with van der Waals surface area (Å²) in [5.41, 5.74) is 6.74. The molecule has 1 saturated carbocycles. The Bertz CT molecular complexity index is 1130. The number of benzene rings is 1. The molecule has 1 aromatic carbocycles. The fraction of sp³-hybridized carbons (Fsp3) is 0.409. The van der Waals surface area contributed by atoms with E-state index in [9.17, 15) is 9.18 Å². The minimum absolute atomic E-state index is 0.00540. The number of primary amides is 1. The van der Waals surface area contributed by atoms with Crippen LogP contribution in [0.2, 0.25) is 0 Å². The third-order valence-corrected chi connectivity index (χ3v) is 6.90. The van der Waals surface area contributed by atoms with Crippen molar-refractivity contribution in [2.75, 3.05) is 19.5 Å². The molecule has 8 nitrogen and oxygen atoms in total. The van der Waals surface area contributed by atoms with Crippen molar-refractivity contribution in [2.24, 2.45) is 5.73 Å². The summed E-state index contributed by atoms with van der Waals surface area (Å²) in [7, 11) is 3.33. The van der Waals surface area contributed by atoms with Gasteiger partial charge in [0.1, 0.15) is 34.6 Å². The van der Waals surface area contributed by atoms with Gasteiger partial charge in [-0.15, -0.1) is 11.3 Å². The van der Waals surface area contributed by atoms with Gasteiger partial charge in [-0.3, -0.25) is 4.79 Å². The minimum atomic E-state index is -0.514. The number of ether oxygens (including phenoxy) is 3. The summed E-state index contributed by atoms with van der Waals surface area (Å²) in [6, 6.07) is 4.29. The molecule has 4 rings (SSSR count). The first-order valence-electron chi connectivity index (χ1n) is 10.2. The van der Waals surface area contributed by atoms with E-state index in [0.29, 0.717) is 50.8 Å². The third kappa shape index (κ3) is 4.52. The second kappa shape index (κ2) is 9.35. The largest absolute Gasteiger partial charge is 0.488 e. The van der Waals surface area contributed by atoms with Gasteiger partial charge in [0.15, 0.2) is 0 Å². The number of carbonyl (C=O) groups is 1. The summed E-state index contributed by atoms with van der Waals surface area (Å²) >= 11 is 1.21. The van der Waals surface area contributed by atoms with Gasteiger partial charge in [-0.25, -0.2) is 14.4 Å². The highest BCUT2D eigenvalue weighted by Gasteiger charge is 2.31. The van der Waals surface area contributed by atoms with Gasteiger partial charge in [0.05, 0.1) is 28.2 Å². The number of anilines is 2. The number of thiophene rings is 1. The highest BCUT2D eigenvalue weighted by molar-refractivity contribution is 7.20. The van der Waals surface area contributed by atoms with Gasteiger partial charge < -0.3 is 25.3 Å². The van der Waals surface area contributed by atoms with Crippen molar-refractivity contribution >= 4 is 39.0 Å². The van der Waals surface area contributed by atoms with Gasteiger partial charge in [-0.2, -0.15) is 0 Å². The lowest BCUT2D eigenvalue weighted by Crippen LogP contribution is -2.38. The molecule has 1 aliphatic rings. The molecule has 0 radical (unpaired) electrons. The number of amides is 1. The van der Waals surface area contributed by atoms with Crippen LogP contribution in [0.1, 0.15) is 34.5 Å². The fourth-order valence-electron chi connectivity index (χ4n) is 4.05. The number of carbonyl (C=O) groups excluding carboxylic acids is 1. The number of aryl methyl sites for hydroxylation is 1. The molecule has 0 spiro atoms. The number of methoxy groups -OCH3 is 2. The Balaban J connectivity index is 1.66. The first-order valence-corrected chi connectivity index (χ1v) is 11.0. The van der Waals surface area contributed by atoms with Gasteiger partial charge >= 0.3 is 0 Å². The number of rotatable bonds is 7. The molecule has 3 aromatic rings. The van der Waals surface area contributed by atoms with Crippen molar-refractivity contribution in [2.45, 2.75) is 44.5 Å². The number of aromatic nitrogens is 2. The molecule has 170 valence electrons. The van der Waals surface area contributed by atoms with E-state index in [1.165, 1.54) is 29.8 Å². The van der Waals surface area contributed by atoms with E-state index in [-0.39, 0.29) is 18.3 Å². The maximum Gasteiger partial charge on any atom is 0.259 e. The van der Waals surface area contributed by atoms with E-state index in [0.717, 1.165) is 6.42 Å². The molecule has 1 fully saturated rings. The van der Waals surface area contributed by atoms with Crippen LogP contribution >= 0.6 is 11.3 Å². The molecule has 2 aromatic heterocycles. The molecule has 32 heavy (non-hydrogen) atoms. The first kappa shape index (κ1) is 22.4. The normalized spacial score (nSPS) is 20.9. The average Bonchev–Trinajstić information content (AvgIpc) is 3.13. The Morgan fingerprint density at radius 1 is 1.16 bits per heavy atom. The van der Waals surface area contributed by atoms with Crippen LogP contribution in [0, 0.1) is 12.7 Å². The van der Waals surface area contributed by atoms with Gasteiger partial charge in [0, 0.05) is 39.5 Å². The van der Waals surface area contributed by atoms with E-state index in [1.54, 1.807) is 27.2 Å². The van der Waals surface area contributed by atoms with Gasteiger partial charge in [-0.1, -0.05) is 0 Å². The van der Waals surface area contributed by atoms with Crippen LogP contribution in [0.25, 0.3) is 10.2 Å². The van der Waals surface area contributed by atoms with Crippen LogP contribution in [0.4, 0.5) is 15.9 Å². The zero-order chi connectivity index (χ0) is 22.8. The topological polar surface area (TPSA) is 109 Å². The zero-order valence-corrected chi connectivity index (χ0v) is 18.9. The second-order valence-electron chi connectivity index (χ2n) is 7.75. The SMILES string of the molecule is CO[C@@H]1CC(Oc2cc(F)ccc2Nc2ncnc3sc(C(N)=O)c(C)c23)C[C@H](OC)C1. The molecule has 0 saturated heterocycles. The molecule has 3 atom stereocenters. The summed E-state index contributed by atoms with van der Waals surface area (Å²) in [6.45, 7) is 1.80. The molecule has 1 aliphatic carbocycles. The van der Waals surface area contributed by atoms with E-state index in [1.807, 2.05) is 0 Å². The predicted molar refractivity (Wildman–Crippen MR) is 120 cm³/mol. The monoisotopic (exact) mass is 460 g/mol. The summed E-state index contributed by atoms with van der Waals surface area (Å²) in [4.78, 5) is 21.4. The number of fused-ring (bicyclic) bond motifs is 1. The molecule has 1 amide bonds. The summed E-state index contributed by atoms with van der Waals surface area (Å²) in [5.74, 6) is -0.0827. The summed E-state index contributed by atoms with van der Waals surface area (Å²) < 4.78 is 31.4. The van der Waals surface area contributed by atoms with E-state index >= 15 is 0 Å². The van der Waals surface area contributed by atoms with Crippen LogP contribution in [-0.2, 0) is 9.47 Å². The highest BCUT2D eigenvalue weighted by atomic mass is 32.1. The molecule has 0 aliphatic heterocycles. The second-order valence-corrected chi connectivity index (χ2v) is 8.75. The zero-order valence-electron chi connectivity index (χ0n) is 18.1. The van der Waals surface area contributed by atoms with E-state index < -0.39 is 11.7 Å². The number of halogens is 1. The van der Waals surface area contributed by atoms with Gasteiger partial charge in [0.2, 0.25) is 0 Å². The van der Waals surface area contributed by atoms with Crippen LogP contribution in [0.5, 0.6) is 5.75 Å². The van der Waals surface area contributed by atoms with Crippen molar-refractivity contribution < 1.29 is 23.4 Å². The van der Waals surface area contributed by atoms with Crippen molar-refractivity contribution in [1.82, 2.24) is 9.97 Å². The van der Waals surface area contributed by atoms with E-state index in [2.05, 4.69) is 15.3 Å². The molecular formula is C22H25FN4O4S. The van der Waals surface area contributed by atoms with Crippen LogP contribution in [0.3, 0.4) is 0 Å². The Morgan fingerprint density at radius 2 is 1.84 bits per heavy atom. The fourth-order valence-corrected chi connectivity index (χ4v) is 5.06. The number of hydrogen-bond donors (Lipinski definition) is 2. The Kier molecular flexibility index (Phi) is 6.54. The third-order valence-electron chi connectivity index (χ3n) is 5.68. The summed E-state index contributed by atoms with van der Waals surface area (Å²) in [5, 5.41) is 3.92. The predicted octanol–water partition coefficient (Wildman–Crippen LogP) is 3.94. The molecule has 0 bridgehead atoms. The number of nitrogens with two attached hydrogens (primary N) is 1. The lowest BCUT2D eigenvalue weighted by Gasteiger charge is -2.34. The van der Waals surface area contributed by atoms with Crippen LogP contribution in [-0.4, -0.2) is 48.4 Å². The Morgan fingerprint density at radius 3 is 2.50 bits per heavy atom. The molecule has 1 unspecified atom stereocenters. The van der Waals surface area contributed by atoms with Crippen molar-refractivity contribution in [3.8, 4) is 5.75 Å².